The highest BCUT2D eigenvalue weighted by molar-refractivity contribution is 5.90. The average Bonchev–Trinajstić information content (AvgIpc) is 2.28. The first-order valence-electron chi connectivity index (χ1n) is 4.99. The van der Waals surface area contributed by atoms with Crippen LogP contribution in [0.1, 0.15) is 27.9 Å². The molecule has 0 unspecified atom stereocenters. The van der Waals surface area contributed by atoms with Crippen LogP contribution in [0.3, 0.4) is 0 Å². The van der Waals surface area contributed by atoms with Crippen molar-refractivity contribution in [3.05, 3.63) is 45.3 Å². The Hall–Kier alpha value is -2.44. The van der Waals surface area contributed by atoms with Gasteiger partial charge in [-0.3, -0.25) is 0 Å². The third-order valence-electron chi connectivity index (χ3n) is 2.03. The van der Waals surface area contributed by atoms with Crippen LogP contribution in [0.4, 0.5) is 0 Å². The molecule has 0 aliphatic heterocycles. The molecule has 0 aliphatic rings. The fourth-order valence-electron chi connectivity index (χ4n) is 1.26. The number of azide groups is 1. The maximum atomic E-state index is 10.9. The van der Waals surface area contributed by atoms with Gasteiger partial charge in [0.2, 0.25) is 0 Å². The first kappa shape index (κ1) is 12.6. The van der Waals surface area contributed by atoms with Crippen LogP contribution in [-0.2, 0) is 0 Å². The van der Waals surface area contributed by atoms with Crippen LogP contribution in [0.5, 0.6) is 0 Å². The summed E-state index contributed by atoms with van der Waals surface area (Å²) in [4.78, 5) is 13.5. The molecule has 0 atom stereocenters. The Bertz CT molecular complexity index is 534. The quantitative estimate of drug-likeness (QED) is 0.284. The second-order valence-corrected chi connectivity index (χ2v) is 3.36. The summed E-state index contributed by atoms with van der Waals surface area (Å²) in [5, 5.41) is 12.3. The van der Waals surface area contributed by atoms with E-state index in [4.69, 9.17) is 10.6 Å². The first-order chi connectivity index (χ1) is 8.15. The molecule has 1 N–H and O–H groups in total. The van der Waals surface area contributed by atoms with Crippen molar-refractivity contribution in [2.75, 3.05) is 6.54 Å². The Morgan fingerprint density at radius 1 is 1.59 bits per heavy atom. The zero-order chi connectivity index (χ0) is 12.7. The highest BCUT2D eigenvalue weighted by Gasteiger charge is 2.07. The second-order valence-electron chi connectivity index (χ2n) is 3.36. The van der Waals surface area contributed by atoms with Gasteiger partial charge < -0.3 is 5.11 Å². The van der Waals surface area contributed by atoms with Gasteiger partial charge in [-0.05, 0) is 30.2 Å². The number of hydrogen-bond donors (Lipinski definition) is 1. The molecular weight excluding hydrogens is 218 g/mol. The van der Waals surface area contributed by atoms with Crippen molar-refractivity contribution in [3.63, 3.8) is 0 Å². The lowest BCUT2D eigenvalue weighted by atomic mass is 10.0. The topological polar surface area (TPSA) is 86.1 Å². The van der Waals surface area contributed by atoms with E-state index in [-0.39, 0.29) is 12.1 Å². The van der Waals surface area contributed by atoms with Gasteiger partial charge in [-0.1, -0.05) is 23.0 Å². The van der Waals surface area contributed by atoms with Gasteiger partial charge in [-0.15, -0.1) is 0 Å². The molecule has 17 heavy (non-hydrogen) atoms. The van der Waals surface area contributed by atoms with Crippen molar-refractivity contribution in [3.8, 4) is 11.8 Å². The Balaban J connectivity index is 2.91. The lowest BCUT2D eigenvalue weighted by molar-refractivity contribution is 0.0696. The van der Waals surface area contributed by atoms with Gasteiger partial charge in [0.15, 0.2) is 0 Å². The molecule has 0 heterocycles. The van der Waals surface area contributed by atoms with Gasteiger partial charge in [-0.2, -0.15) is 0 Å². The summed E-state index contributed by atoms with van der Waals surface area (Å²) in [5.74, 6) is 4.57. The number of carboxylic acids is 1. The lowest BCUT2D eigenvalue weighted by Gasteiger charge is -2.00. The maximum Gasteiger partial charge on any atom is 0.336 e. The number of carboxylic acid groups (broad SMARTS) is 1. The second kappa shape index (κ2) is 6.21. The van der Waals surface area contributed by atoms with Crippen LogP contribution in [0.25, 0.3) is 10.4 Å². The summed E-state index contributed by atoms with van der Waals surface area (Å²) in [6.07, 6.45) is 0.414. The van der Waals surface area contributed by atoms with E-state index >= 15 is 0 Å². The van der Waals surface area contributed by atoms with E-state index in [1.807, 2.05) is 6.92 Å². The van der Waals surface area contributed by atoms with E-state index in [1.54, 1.807) is 12.1 Å². The van der Waals surface area contributed by atoms with Crippen molar-refractivity contribution >= 4 is 5.97 Å². The van der Waals surface area contributed by atoms with Gasteiger partial charge in [0.1, 0.15) is 0 Å². The number of rotatable bonds is 3. The number of carbonyl (C=O) groups is 1. The highest BCUT2D eigenvalue weighted by atomic mass is 16.4. The predicted molar refractivity (Wildman–Crippen MR) is 63.6 cm³/mol. The molecule has 0 fully saturated rings. The summed E-state index contributed by atoms with van der Waals surface area (Å²) in [5.41, 5.74) is 9.69. The zero-order valence-electron chi connectivity index (χ0n) is 9.34. The first-order valence-corrected chi connectivity index (χ1v) is 4.99. The largest absolute Gasteiger partial charge is 0.478 e. The Kier molecular flexibility index (Phi) is 4.61. The molecule has 0 saturated carbocycles. The van der Waals surface area contributed by atoms with E-state index in [0.717, 1.165) is 5.56 Å². The number of nitrogens with zero attached hydrogens (tertiary/aromatic N) is 3. The molecule has 0 amide bonds. The van der Waals surface area contributed by atoms with Gasteiger partial charge in [0.05, 0.1) is 5.56 Å². The van der Waals surface area contributed by atoms with E-state index in [0.29, 0.717) is 12.0 Å². The standard InChI is InChI=1S/C12H11N3O2/c1-9-5-6-11(12(16)17)10(8-9)4-2-3-7-14-15-13/h5-6,8H,3,7H2,1H3,(H,16,17). The Labute approximate surface area is 98.7 Å². The minimum atomic E-state index is -0.996. The molecular formula is C12H11N3O2. The molecule has 1 aromatic rings. The maximum absolute atomic E-state index is 10.9. The molecule has 0 radical (unpaired) electrons. The van der Waals surface area contributed by atoms with Crippen LogP contribution in [0, 0.1) is 18.8 Å². The van der Waals surface area contributed by atoms with Crippen LogP contribution in [-0.4, -0.2) is 17.6 Å². The fourth-order valence-corrected chi connectivity index (χ4v) is 1.26. The van der Waals surface area contributed by atoms with Crippen molar-refractivity contribution in [1.29, 1.82) is 0 Å². The summed E-state index contributed by atoms with van der Waals surface area (Å²) in [6, 6.07) is 4.99. The molecule has 0 saturated heterocycles. The Morgan fingerprint density at radius 2 is 2.35 bits per heavy atom. The van der Waals surface area contributed by atoms with E-state index in [1.165, 1.54) is 6.07 Å². The summed E-state index contributed by atoms with van der Waals surface area (Å²) < 4.78 is 0. The molecule has 86 valence electrons. The third kappa shape index (κ3) is 3.90. The molecule has 1 aromatic carbocycles. The number of benzene rings is 1. The Morgan fingerprint density at radius 3 is 3.00 bits per heavy atom. The number of aromatic carboxylic acids is 1. The summed E-state index contributed by atoms with van der Waals surface area (Å²) in [6.45, 7) is 2.16. The van der Waals surface area contributed by atoms with Crippen molar-refractivity contribution in [1.82, 2.24) is 0 Å². The molecule has 0 aliphatic carbocycles. The van der Waals surface area contributed by atoms with Gasteiger partial charge in [0, 0.05) is 23.4 Å². The van der Waals surface area contributed by atoms with E-state index in [2.05, 4.69) is 21.9 Å². The lowest BCUT2D eigenvalue weighted by Crippen LogP contribution is -2.00. The summed E-state index contributed by atoms with van der Waals surface area (Å²) >= 11 is 0. The molecule has 1 rings (SSSR count). The van der Waals surface area contributed by atoms with Crippen molar-refractivity contribution < 1.29 is 9.90 Å². The van der Waals surface area contributed by atoms with Crippen LogP contribution >= 0.6 is 0 Å². The molecule has 5 heteroatoms. The van der Waals surface area contributed by atoms with Gasteiger partial charge in [0.25, 0.3) is 0 Å². The predicted octanol–water partition coefficient (Wildman–Crippen LogP) is 2.75. The number of hydrogen-bond acceptors (Lipinski definition) is 2. The van der Waals surface area contributed by atoms with Gasteiger partial charge >= 0.3 is 5.97 Å². The smallest absolute Gasteiger partial charge is 0.336 e. The van der Waals surface area contributed by atoms with E-state index in [9.17, 15) is 4.79 Å². The van der Waals surface area contributed by atoms with Crippen molar-refractivity contribution in [2.24, 2.45) is 5.11 Å². The zero-order valence-corrected chi connectivity index (χ0v) is 9.34. The van der Waals surface area contributed by atoms with Crippen LogP contribution in [0.15, 0.2) is 23.3 Å². The van der Waals surface area contributed by atoms with E-state index < -0.39 is 5.97 Å². The van der Waals surface area contributed by atoms with Crippen molar-refractivity contribution in [2.45, 2.75) is 13.3 Å². The highest BCUT2D eigenvalue weighted by Crippen LogP contribution is 2.10. The third-order valence-corrected chi connectivity index (χ3v) is 2.03. The minimum Gasteiger partial charge on any atom is -0.478 e. The minimum absolute atomic E-state index is 0.187. The SMILES string of the molecule is Cc1ccc(C(=O)O)c(C#CCCN=[N+]=[N-])c1. The molecule has 0 bridgehead atoms. The van der Waals surface area contributed by atoms with Crippen LogP contribution < -0.4 is 0 Å². The van der Waals surface area contributed by atoms with Crippen LogP contribution in [0.2, 0.25) is 0 Å². The fraction of sp³-hybridized carbons (Fsp3) is 0.250. The summed E-state index contributed by atoms with van der Waals surface area (Å²) in [7, 11) is 0. The average molecular weight is 229 g/mol. The molecule has 0 aromatic heterocycles. The molecule has 0 spiro atoms. The van der Waals surface area contributed by atoms with Gasteiger partial charge in [-0.25, -0.2) is 4.79 Å². The number of aryl methyl sites for hydroxylation is 1. The molecule has 5 nitrogen and oxygen atoms in total. The normalized spacial score (nSPS) is 8.76. The monoisotopic (exact) mass is 229 g/mol.